The lowest BCUT2D eigenvalue weighted by Gasteiger charge is -2.24. The first-order chi connectivity index (χ1) is 11.1. The molecule has 2 heteroatoms. The standard InChI is InChI=1S/C21H28O2/c1-3-4-5-9-15-21(2,22)19-13-10-14-20(16-19)23-17-18-11-7-6-8-12-18/h6-8,10-14,16,22H,3-5,9,15,17H2,1-2H3/t21-/m1/s1. The van der Waals surface area contributed by atoms with Gasteiger partial charge in [0.25, 0.3) is 0 Å². The minimum atomic E-state index is -0.792. The van der Waals surface area contributed by atoms with Crippen molar-refractivity contribution >= 4 is 0 Å². The third kappa shape index (κ3) is 5.72. The van der Waals surface area contributed by atoms with Gasteiger partial charge in [-0.25, -0.2) is 0 Å². The van der Waals surface area contributed by atoms with Gasteiger partial charge < -0.3 is 9.84 Å². The SMILES string of the molecule is CCCCCC[C@@](C)(O)c1cccc(OCc2ccccc2)c1. The fourth-order valence-electron chi connectivity index (χ4n) is 2.70. The molecule has 2 rings (SSSR count). The maximum absolute atomic E-state index is 10.7. The fraction of sp³-hybridized carbons (Fsp3) is 0.429. The van der Waals surface area contributed by atoms with Crippen molar-refractivity contribution in [3.8, 4) is 5.75 Å². The lowest BCUT2D eigenvalue weighted by molar-refractivity contribution is 0.0445. The Morgan fingerprint density at radius 1 is 0.957 bits per heavy atom. The first-order valence-electron chi connectivity index (χ1n) is 8.61. The summed E-state index contributed by atoms with van der Waals surface area (Å²) >= 11 is 0. The van der Waals surface area contributed by atoms with Gasteiger partial charge in [-0.15, -0.1) is 0 Å². The largest absolute Gasteiger partial charge is 0.489 e. The van der Waals surface area contributed by atoms with E-state index in [0.29, 0.717) is 6.61 Å². The van der Waals surface area contributed by atoms with E-state index >= 15 is 0 Å². The van der Waals surface area contributed by atoms with Crippen molar-refractivity contribution in [1.29, 1.82) is 0 Å². The lowest BCUT2D eigenvalue weighted by Crippen LogP contribution is -2.21. The number of rotatable bonds is 9. The molecule has 23 heavy (non-hydrogen) atoms. The van der Waals surface area contributed by atoms with Crippen LogP contribution in [0.15, 0.2) is 54.6 Å². The molecule has 0 spiro atoms. The van der Waals surface area contributed by atoms with Gasteiger partial charge in [0.1, 0.15) is 12.4 Å². The van der Waals surface area contributed by atoms with Crippen LogP contribution in [-0.2, 0) is 12.2 Å². The van der Waals surface area contributed by atoms with E-state index in [0.717, 1.165) is 29.7 Å². The van der Waals surface area contributed by atoms with Crippen LogP contribution in [0.5, 0.6) is 5.75 Å². The van der Waals surface area contributed by atoms with Crippen LogP contribution in [0.25, 0.3) is 0 Å². The molecule has 2 nitrogen and oxygen atoms in total. The van der Waals surface area contributed by atoms with E-state index in [1.54, 1.807) is 0 Å². The van der Waals surface area contributed by atoms with Crippen molar-refractivity contribution in [3.63, 3.8) is 0 Å². The number of hydrogen-bond acceptors (Lipinski definition) is 2. The number of hydrogen-bond donors (Lipinski definition) is 1. The van der Waals surface area contributed by atoms with Crippen molar-refractivity contribution in [2.75, 3.05) is 0 Å². The summed E-state index contributed by atoms with van der Waals surface area (Å²) in [7, 11) is 0. The second kappa shape index (κ2) is 8.73. The van der Waals surface area contributed by atoms with Gasteiger partial charge in [-0.1, -0.05) is 75.1 Å². The summed E-state index contributed by atoms with van der Waals surface area (Å²) in [5.41, 5.74) is 1.28. The smallest absolute Gasteiger partial charge is 0.120 e. The van der Waals surface area contributed by atoms with Crippen LogP contribution >= 0.6 is 0 Å². The molecule has 0 heterocycles. The molecule has 0 bridgehead atoms. The van der Waals surface area contributed by atoms with Crippen LogP contribution in [0, 0.1) is 0 Å². The molecule has 0 aromatic heterocycles. The average Bonchev–Trinajstić information content (AvgIpc) is 2.58. The van der Waals surface area contributed by atoms with Gasteiger partial charge >= 0.3 is 0 Å². The van der Waals surface area contributed by atoms with E-state index in [1.165, 1.54) is 19.3 Å². The molecule has 2 aromatic rings. The quantitative estimate of drug-likeness (QED) is 0.624. The van der Waals surface area contributed by atoms with E-state index in [1.807, 2.05) is 61.5 Å². The topological polar surface area (TPSA) is 29.5 Å². The predicted molar refractivity (Wildman–Crippen MR) is 95.5 cm³/mol. The zero-order chi connectivity index (χ0) is 16.5. The Bertz CT molecular complexity index is 575. The zero-order valence-corrected chi connectivity index (χ0v) is 14.3. The maximum Gasteiger partial charge on any atom is 0.120 e. The second-order valence-corrected chi connectivity index (χ2v) is 6.39. The van der Waals surface area contributed by atoms with Gasteiger partial charge in [0, 0.05) is 0 Å². The van der Waals surface area contributed by atoms with Gasteiger partial charge in [0.05, 0.1) is 5.60 Å². The van der Waals surface area contributed by atoms with Gasteiger partial charge in [-0.2, -0.15) is 0 Å². The van der Waals surface area contributed by atoms with Gasteiger partial charge in [-0.3, -0.25) is 0 Å². The van der Waals surface area contributed by atoms with Gasteiger partial charge in [0.2, 0.25) is 0 Å². The number of ether oxygens (including phenoxy) is 1. The highest BCUT2D eigenvalue weighted by Gasteiger charge is 2.22. The number of benzene rings is 2. The highest BCUT2D eigenvalue weighted by Crippen LogP contribution is 2.29. The van der Waals surface area contributed by atoms with Gasteiger partial charge in [0.15, 0.2) is 0 Å². The monoisotopic (exact) mass is 312 g/mol. The van der Waals surface area contributed by atoms with E-state index in [-0.39, 0.29) is 0 Å². The van der Waals surface area contributed by atoms with E-state index in [2.05, 4.69) is 6.92 Å². The molecule has 0 amide bonds. The Kier molecular flexibility index (Phi) is 6.66. The molecule has 0 aliphatic heterocycles. The van der Waals surface area contributed by atoms with Gasteiger partial charge in [-0.05, 0) is 36.6 Å². The van der Waals surface area contributed by atoms with Crippen molar-refractivity contribution in [2.24, 2.45) is 0 Å². The summed E-state index contributed by atoms with van der Waals surface area (Å²) in [5.74, 6) is 0.806. The van der Waals surface area contributed by atoms with Crippen molar-refractivity contribution in [3.05, 3.63) is 65.7 Å². The van der Waals surface area contributed by atoms with Crippen molar-refractivity contribution in [1.82, 2.24) is 0 Å². The molecule has 2 aromatic carbocycles. The van der Waals surface area contributed by atoms with E-state index in [4.69, 9.17) is 4.74 Å². The third-order valence-corrected chi connectivity index (χ3v) is 4.22. The summed E-state index contributed by atoms with van der Waals surface area (Å²) in [5, 5.41) is 10.7. The lowest BCUT2D eigenvalue weighted by atomic mass is 9.90. The van der Waals surface area contributed by atoms with Crippen LogP contribution < -0.4 is 4.74 Å². The minimum absolute atomic E-state index is 0.545. The molecule has 0 saturated heterocycles. The van der Waals surface area contributed by atoms with Crippen LogP contribution in [-0.4, -0.2) is 5.11 Å². The Labute approximate surface area is 140 Å². The van der Waals surface area contributed by atoms with Crippen LogP contribution in [0.2, 0.25) is 0 Å². The molecule has 1 atom stereocenters. The Morgan fingerprint density at radius 3 is 2.48 bits per heavy atom. The third-order valence-electron chi connectivity index (χ3n) is 4.22. The fourth-order valence-corrected chi connectivity index (χ4v) is 2.70. The molecule has 0 aliphatic carbocycles. The van der Waals surface area contributed by atoms with Crippen LogP contribution in [0.3, 0.4) is 0 Å². The zero-order valence-electron chi connectivity index (χ0n) is 14.3. The summed E-state index contributed by atoms with van der Waals surface area (Å²) in [6.07, 6.45) is 5.46. The molecule has 0 fully saturated rings. The van der Waals surface area contributed by atoms with Crippen molar-refractivity contribution < 1.29 is 9.84 Å². The highest BCUT2D eigenvalue weighted by atomic mass is 16.5. The molecule has 124 valence electrons. The molecule has 1 N–H and O–H groups in total. The van der Waals surface area contributed by atoms with Crippen LogP contribution in [0.4, 0.5) is 0 Å². The molecule has 0 saturated carbocycles. The maximum atomic E-state index is 10.7. The first kappa shape index (κ1) is 17.6. The predicted octanol–water partition coefficient (Wildman–Crippen LogP) is 5.44. The number of unbranched alkanes of at least 4 members (excludes halogenated alkanes) is 3. The summed E-state index contributed by atoms with van der Waals surface area (Å²) in [4.78, 5) is 0. The molecule has 0 radical (unpaired) electrons. The Hall–Kier alpha value is -1.80. The Morgan fingerprint density at radius 2 is 1.74 bits per heavy atom. The average molecular weight is 312 g/mol. The van der Waals surface area contributed by atoms with E-state index < -0.39 is 5.60 Å². The summed E-state index contributed by atoms with van der Waals surface area (Å²) in [6, 6.07) is 18.0. The summed E-state index contributed by atoms with van der Waals surface area (Å²) < 4.78 is 5.86. The molecule has 0 unspecified atom stereocenters. The summed E-state index contributed by atoms with van der Waals surface area (Å²) in [6.45, 7) is 4.64. The molecule has 0 aliphatic rings. The molecular weight excluding hydrogens is 284 g/mol. The van der Waals surface area contributed by atoms with Crippen molar-refractivity contribution in [2.45, 2.75) is 58.2 Å². The minimum Gasteiger partial charge on any atom is -0.489 e. The van der Waals surface area contributed by atoms with E-state index in [9.17, 15) is 5.11 Å². The highest BCUT2D eigenvalue weighted by molar-refractivity contribution is 5.32. The molecular formula is C21H28O2. The Balaban J connectivity index is 1.95. The van der Waals surface area contributed by atoms with Crippen LogP contribution in [0.1, 0.15) is 57.1 Å². The first-order valence-corrected chi connectivity index (χ1v) is 8.61. The normalized spacial score (nSPS) is 13.5. The second-order valence-electron chi connectivity index (χ2n) is 6.39. The number of aliphatic hydroxyl groups is 1.